The van der Waals surface area contributed by atoms with Crippen molar-refractivity contribution in [3.05, 3.63) is 25.7 Å². The van der Waals surface area contributed by atoms with Crippen LogP contribution in [-0.4, -0.2) is 12.7 Å². The molecule has 0 aromatic carbocycles. The highest BCUT2D eigenvalue weighted by Gasteiger charge is 2.07. The Bertz CT molecular complexity index is 340. The molecule has 0 bridgehead atoms. The summed E-state index contributed by atoms with van der Waals surface area (Å²) in [6.07, 6.45) is 32.5. The Balaban J connectivity index is 3.17. The molecule has 0 saturated heterocycles. The maximum Gasteiger partial charge on any atom is 0.132 e. The van der Waals surface area contributed by atoms with E-state index in [0.717, 1.165) is 6.42 Å². The average molecular weight is 423 g/mol. The fourth-order valence-corrected chi connectivity index (χ4v) is 4.13. The van der Waals surface area contributed by atoms with Gasteiger partial charge in [0.15, 0.2) is 0 Å². The Kier molecular flexibility index (Phi) is 25.3. The number of ether oxygens (including phenoxy) is 2. The van der Waals surface area contributed by atoms with E-state index in [1.807, 2.05) is 0 Å². The zero-order valence-electron chi connectivity index (χ0n) is 20.5. The fourth-order valence-electron chi connectivity index (χ4n) is 4.13. The summed E-state index contributed by atoms with van der Waals surface area (Å²) in [5.41, 5.74) is 0. The van der Waals surface area contributed by atoms with Crippen LogP contribution in [-0.2, 0) is 9.47 Å². The Morgan fingerprint density at radius 2 is 0.900 bits per heavy atom. The van der Waals surface area contributed by atoms with Gasteiger partial charge in [-0.25, -0.2) is 0 Å². The molecule has 0 N–H and O–H groups in total. The number of hydrogen-bond donors (Lipinski definition) is 0. The zero-order chi connectivity index (χ0) is 22.0. The first kappa shape index (κ1) is 29.1. The zero-order valence-corrected chi connectivity index (χ0v) is 20.5. The minimum atomic E-state index is 0.121. The van der Waals surface area contributed by atoms with E-state index in [1.54, 1.807) is 0 Å². The van der Waals surface area contributed by atoms with Gasteiger partial charge >= 0.3 is 0 Å². The Morgan fingerprint density at radius 1 is 0.533 bits per heavy atom. The van der Waals surface area contributed by atoms with Crippen LogP contribution < -0.4 is 0 Å². The molecule has 0 saturated carbocycles. The summed E-state index contributed by atoms with van der Waals surface area (Å²) in [4.78, 5) is 0. The van der Waals surface area contributed by atoms with Crippen molar-refractivity contribution in [2.24, 2.45) is 0 Å². The molecule has 2 heteroatoms. The smallest absolute Gasteiger partial charge is 0.132 e. The van der Waals surface area contributed by atoms with E-state index in [4.69, 9.17) is 9.47 Å². The molecule has 0 aliphatic rings. The SMILES string of the molecule is C=COCC(CCCCCCCCCCCCCCCCCCCCCC)OC=C. The predicted molar refractivity (Wildman–Crippen MR) is 134 cm³/mol. The number of unbranched alkanes of at least 4 members (excludes halogenated alkanes) is 19. The predicted octanol–water partition coefficient (Wildman–Crippen LogP) is 9.89. The highest BCUT2D eigenvalue weighted by atomic mass is 16.5. The van der Waals surface area contributed by atoms with Gasteiger partial charge in [-0.15, -0.1) is 0 Å². The van der Waals surface area contributed by atoms with Crippen molar-refractivity contribution in [3.8, 4) is 0 Å². The first-order valence-corrected chi connectivity index (χ1v) is 13.3. The second-order valence-corrected chi connectivity index (χ2v) is 8.93. The molecule has 30 heavy (non-hydrogen) atoms. The molecule has 2 nitrogen and oxygen atoms in total. The summed E-state index contributed by atoms with van der Waals surface area (Å²) in [5, 5.41) is 0. The molecule has 0 aromatic rings. The van der Waals surface area contributed by atoms with Crippen molar-refractivity contribution < 1.29 is 9.47 Å². The molecule has 0 aliphatic heterocycles. The van der Waals surface area contributed by atoms with Crippen LogP contribution in [0, 0.1) is 0 Å². The number of rotatable bonds is 26. The molecule has 178 valence electrons. The van der Waals surface area contributed by atoms with Crippen LogP contribution in [0.1, 0.15) is 142 Å². The highest BCUT2D eigenvalue weighted by Crippen LogP contribution is 2.15. The lowest BCUT2D eigenvalue weighted by molar-refractivity contribution is 0.0615. The quantitative estimate of drug-likeness (QED) is 0.102. The van der Waals surface area contributed by atoms with Gasteiger partial charge in [0.1, 0.15) is 12.7 Å². The van der Waals surface area contributed by atoms with E-state index < -0.39 is 0 Å². The van der Waals surface area contributed by atoms with E-state index in [-0.39, 0.29) is 6.10 Å². The summed E-state index contributed by atoms with van der Waals surface area (Å²) in [6.45, 7) is 10.1. The molecule has 0 amide bonds. The maximum absolute atomic E-state index is 5.48. The van der Waals surface area contributed by atoms with Gasteiger partial charge in [0.05, 0.1) is 12.5 Å². The Morgan fingerprint density at radius 3 is 1.23 bits per heavy atom. The van der Waals surface area contributed by atoms with Gasteiger partial charge in [-0.1, -0.05) is 142 Å². The molecular weight excluding hydrogens is 368 g/mol. The van der Waals surface area contributed by atoms with Crippen LogP contribution in [0.4, 0.5) is 0 Å². The summed E-state index contributed by atoms with van der Waals surface area (Å²) in [5.74, 6) is 0. The summed E-state index contributed by atoms with van der Waals surface area (Å²) in [7, 11) is 0. The highest BCUT2D eigenvalue weighted by molar-refractivity contribution is 4.64. The van der Waals surface area contributed by atoms with Crippen LogP contribution in [0.15, 0.2) is 25.7 Å². The lowest BCUT2D eigenvalue weighted by Crippen LogP contribution is -2.16. The molecule has 0 spiro atoms. The normalized spacial score (nSPS) is 11.9. The van der Waals surface area contributed by atoms with Gasteiger partial charge in [-0.3, -0.25) is 0 Å². The van der Waals surface area contributed by atoms with Crippen molar-refractivity contribution in [1.82, 2.24) is 0 Å². The van der Waals surface area contributed by atoms with Crippen LogP contribution in [0.2, 0.25) is 0 Å². The first-order valence-electron chi connectivity index (χ1n) is 13.3. The van der Waals surface area contributed by atoms with Crippen LogP contribution in [0.5, 0.6) is 0 Å². The largest absolute Gasteiger partial charge is 0.498 e. The van der Waals surface area contributed by atoms with E-state index in [0.29, 0.717) is 6.61 Å². The maximum atomic E-state index is 5.48. The van der Waals surface area contributed by atoms with Crippen molar-refractivity contribution in [2.45, 2.75) is 148 Å². The van der Waals surface area contributed by atoms with Crippen LogP contribution in [0.25, 0.3) is 0 Å². The van der Waals surface area contributed by atoms with E-state index >= 15 is 0 Å². The van der Waals surface area contributed by atoms with E-state index in [1.165, 1.54) is 141 Å². The second kappa shape index (κ2) is 26.1. The van der Waals surface area contributed by atoms with Crippen molar-refractivity contribution >= 4 is 0 Å². The molecule has 0 fully saturated rings. The van der Waals surface area contributed by atoms with Crippen LogP contribution in [0.3, 0.4) is 0 Å². The molecule has 0 heterocycles. The van der Waals surface area contributed by atoms with Gasteiger partial charge < -0.3 is 9.47 Å². The molecule has 0 rings (SSSR count). The minimum Gasteiger partial charge on any atom is -0.498 e. The number of hydrogen-bond acceptors (Lipinski definition) is 2. The standard InChI is InChI=1S/C28H54O2/c1-4-7-8-9-10-11-12-13-14-15-16-17-18-19-20-21-22-23-24-25-26-28(30-6-3)27-29-5-2/h5-6,28H,2-4,7-27H2,1H3. The topological polar surface area (TPSA) is 18.5 Å². The molecule has 0 radical (unpaired) electrons. The molecule has 1 unspecified atom stereocenters. The lowest BCUT2D eigenvalue weighted by atomic mass is 10.0. The van der Waals surface area contributed by atoms with Gasteiger partial charge in [0.25, 0.3) is 0 Å². The van der Waals surface area contributed by atoms with Crippen molar-refractivity contribution in [1.29, 1.82) is 0 Å². The van der Waals surface area contributed by atoms with Gasteiger partial charge in [0, 0.05) is 0 Å². The Hall–Kier alpha value is -0.920. The Labute approximate surface area is 189 Å². The minimum absolute atomic E-state index is 0.121. The van der Waals surface area contributed by atoms with Crippen LogP contribution >= 0.6 is 0 Å². The van der Waals surface area contributed by atoms with Crippen molar-refractivity contribution in [2.75, 3.05) is 6.61 Å². The summed E-state index contributed by atoms with van der Waals surface area (Å²) in [6, 6.07) is 0. The first-order chi connectivity index (χ1) is 14.8. The fraction of sp³-hybridized carbons (Fsp3) is 0.857. The monoisotopic (exact) mass is 422 g/mol. The molecule has 1 atom stereocenters. The third-order valence-electron chi connectivity index (χ3n) is 6.07. The molecular formula is C28H54O2. The molecule has 0 aromatic heterocycles. The summed E-state index contributed by atoms with van der Waals surface area (Å²) >= 11 is 0. The third kappa shape index (κ3) is 23.4. The average Bonchev–Trinajstić information content (AvgIpc) is 2.76. The van der Waals surface area contributed by atoms with E-state index in [9.17, 15) is 0 Å². The third-order valence-corrected chi connectivity index (χ3v) is 6.07. The lowest BCUT2D eigenvalue weighted by Gasteiger charge is -2.15. The summed E-state index contributed by atoms with van der Waals surface area (Å²) < 4.78 is 10.7. The van der Waals surface area contributed by atoms with Gasteiger partial charge in [0.2, 0.25) is 0 Å². The van der Waals surface area contributed by atoms with Gasteiger partial charge in [-0.2, -0.15) is 0 Å². The van der Waals surface area contributed by atoms with E-state index in [2.05, 4.69) is 20.1 Å². The molecule has 0 aliphatic carbocycles. The van der Waals surface area contributed by atoms with Crippen molar-refractivity contribution in [3.63, 3.8) is 0 Å². The second-order valence-electron chi connectivity index (χ2n) is 8.93. The van der Waals surface area contributed by atoms with Gasteiger partial charge in [-0.05, 0) is 12.8 Å².